The third-order valence-electron chi connectivity index (χ3n) is 3.50. The van der Waals surface area contributed by atoms with Gasteiger partial charge in [-0.1, -0.05) is 24.3 Å². The molecule has 2 rings (SSSR count). The van der Waals surface area contributed by atoms with E-state index in [1.54, 1.807) is 0 Å². The third-order valence-corrected chi connectivity index (χ3v) is 3.50. The number of fused-ring (bicyclic) bond motifs is 1. The molecule has 0 radical (unpaired) electrons. The molecule has 0 bridgehead atoms. The van der Waals surface area contributed by atoms with Crippen LogP contribution in [0, 0.1) is 18.3 Å². The first-order valence-electron chi connectivity index (χ1n) is 6.02. The van der Waals surface area contributed by atoms with Crippen molar-refractivity contribution in [1.82, 2.24) is 0 Å². The molecule has 2 atom stereocenters. The second kappa shape index (κ2) is 5.18. The van der Waals surface area contributed by atoms with E-state index >= 15 is 0 Å². The molecule has 16 heavy (non-hydrogen) atoms. The molecular formula is C15H18O. The lowest BCUT2D eigenvalue weighted by atomic mass is 9.79. The fraction of sp³-hybridized carbons (Fsp3) is 0.467. The number of aliphatic hydroxyl groups excluding tert-OH is 1. The van der Waals surface area contributed by atoms with E-state index in [-0.39, 0.29) is 6.10 Å². The fourth-order valence-corrected chi connectivity index (χ4v) is 2.57. The van der Waals surface area contributed by atoms with Crippen molar-refractivity contribution in [3.8, 4) is 12.3 Å². The van der Waals surface area contributed by atoms with Gasteiger partial charge in [-0.2, -0.15) is 0 Å². The van der Waals surface area contributed by atoms with Crippen LogP contribution in [0.25, 0.3) is 0 Å². The highest BCUT2D eigenvalue weighted by Crippen LogP contribution is 2.36. The van der Waals surface area contributed by atoms with Gasteiger partial charge in [-0.25, -0.2) is 0 Å². The predicted molar refractivity (Wildman–Crippen MR) is 65.9 cm³/mol. The van der Waals surface area contributed by atoms with Crippen LogP contribution in [0.2, 0.25) is 0 Å². The minimum atomic E-state index is -0.289. The summed E-state index contributed by atoms with van der Waals surface area (Å²) in [4.78, 5) is 0. The van der Waals surface area contributed by atoms with Gasteiger partial charge in [-0.15, -0.1) is 12.3 Å². The van der Waals surface area contributed by atoms with Crippen LogP contribution in [0.4, 0.5) is 0 Å². The van der Waals surface area contributed by atoms with Crippen molar-refractivity contribution in [2.75, 3.05) is 0 Å². The first kappa shape index (κ1) is 11.2. The lowest BCUT2D eigenvalue weighted by molar-refractivity contribution is 0.0875. The van der Waals surface area contributed by atoms with Crippen molar-refractivity contribution in [3.63, 3.8) is 0 Å². The number of hydrogen-bond acceptors (Lipinski definition) is 1. The molecule has 1 aromatic carbocycles. The van der Waals surface area contributed by atoms with Crippen LogP contribution >= 0.6 is 0 Å². The zero-order valence-corrected chi connectivity index (χ0v) is 9.52. The Hall–Kier alpha value is -1.26. The molecule has 1 nitrogen and oxygen atoms in total. The molecule has 84 valence electrons. The van der Waals surface area contributed by atoms with Crippen molar-refractivity contribution in [2.45, 2.75) is 38.2 Å². The van der Waals surface area contributed by atoms with Crippen molar-refractivity contribution < 1.29 is 5.11 Å². The SMILES string of the molecule is C#CCCCC1CCc2ccccc2C1O. The molecular weight excluding hydrogens is 196 g/mol. The maximum atomic E-state index is 10.3. The van der Waals surface area contributed by atoms with Gasteiger partial charge in [0.1, 0.15) is 0 Å². The summed E-state index contributed by atoms with van der Waals surface area (Å²) in [6.07, 6.45) is 10.0. The Kier molecular flexibility index (Phi) is 3.64. The third kappa shape index (κ3) is 2.28. The average Bonchev–Trinajstić information content (AvgIpc) is 2.33. The summed E-state index contributed by atoms with van der Waals surface area (Å²) in [5, 5.41) is 10.3. The number of benzene rings is 1. The quantitative estimate of drug-likeness (QED) is 0.605. The largest absolute Gasteiger partial charge is 0.388 e. The number of aliphatic hydroxyl groups is 1. The Bertz CT molecular complexity index is 389. The van der Waals surface area contributed by atoms with Gasteiger partial charge >= 0.3 is 0 Å². The maximum Gasteiger partial charge on any atom is 0.0820 e. The summed E-state index contributed by atoms with van der Waals surface area (Å²) >= 11 is 0. The van der Waals surface area contributed by atoms with Gasteiger partial charge in [-0.3, -0.25) is 0 Å². The van der Waals surface area contributed by atoms with Gasteiger partial charge in [-0.05, 0) is 42.7 Å². The monoisotopic (exact) mass is 214 g/mol. The molecule has 1 N–H and O–H groups in total. The molecule has 0 fully saturated rings. The van der Waals surface area contributed by atoms with Crippen LogP contribution in [0.15, 0.2) is 24.3 Å². The van der Waals surface area contributed by atoms with Gasteiger partial charge < -0.3 is 5.11 Å². The van der Waals surface area contributed by atoms with E-state index in [1.807, 2.05) is 18.2 Å². The van der Waals surface area contributed by atoms with Gasteiger partial charge in [0, 0.05) is 6.42 Å². The number of hydrogen-bond donors (Lipinski definition) is 1. The number of rotatable bonds is 3. The van der Waals surface area contributed by atoms with Gasteiger partial charge in [0.2, 0.25) is 0 Å². The molecule has 1 aromatic rings. The minimum Gasteiger partial charge on any atom is -0.388 e. The van der Waals surface area contributed by atoms with Crippen molar-refractivity contribution in [2.24, 2.45) is 5.92 Å². The van der Waals surface area contributed by atoms with E-state index in [4.69, 9.17) is 6.42 Å². The van der Waals surface area contributed by atoms with Crippen LogP contribution in [0.1, 0.15) is 42.9 Å². The van der Waals surface area contributed by atoms with E-state index < -0.39 is 0 Å². The topological polar surface area (TPSA) is 20.2 Å². The molecule has 1 heteroatoms. The van der Waals surface area contributed by atoms with E-state index in [0.717, 1.165) is 37.7 Å². The smallest absolute Gasteiger partial charge is 0.0820 e. The Morgan fingerprint density at radius 2 is 2.19 bits per heavy atom. The van der Waals surface area contributed by atoms with Crippen LogP contribution in [-0.4, -0.2) is 5.11 Å². The summed E-state index contributed by atoms with van der Waals surface area (Å²) in [6, 6.07) is 8.22. The molecule has 2 unspecified atom stereocenters. The summed E-state index contributed by atoms with van der Waals surface area (Å²) in [7, 11) is 0. The average molecular weight is 214 g/mol. The normalized spacial score (nSPS) is 23.5. The van der Waals surface area contributed by atoms with Crippen LogP contribution in [-0.2, 0) is 6.42 Å². The minimum absolute atomic E-state index is 0.289. The highest BCUT2D eigenvalue weighted by Gasteiger charge is 2.26. The highest BCUT2D eigenvalue weighted by molar-refractivity contribution is 5.31. The first-order valence-corrected chi connectivity index (χ1v) is 6.02. The molecule has 0 saturated carbocycles. The Morgan fingerprint density at radius 1 is 1.38 bits per heavy atom. The molecule has 1 aliphatic rings. The Morgan fingerprint density at radius 3 is 3.00 bits per heavy atom. The van der Waals surface area contributed by atoms with E-state index in [0.29, 0.717) is 5.92 Å². The lowest BCUT2D eigenvalue weighted by Crippen LogP contribution is -2.20. The summed E-state index contributed by atoms with van der Waals surface area (Å²) in [6.45, 7) is 0. The number of aryl methyl sites for hydroxylation is 1. The second-order valence-corrected chi connectivity index (χ2v) is 4.54. The number of terminal acetylenes is 1. The summed E-state index contributed by atoms with van der Waals surface area (Å²) in [5.74, 6) is 3.05. The highest BCUT2D eigenvalue weighted by atomic mass is 16.3. The van der Waals surface area contributed by atoms with Crippen molar-refractivity contribution in [1.29, 1.82) is 0 Å². The van der Waals surface area contributed by atoms with Crippen LogP contribution in [0.3, 0.4) is 0 Å². The van der Waals surface area contributed by atoms with Gasteiger partial charge in [0.25, 0.3) is 0 Å². The maximum absolute atomic E-state index is 10.3. The van der Waals surface area contributed by atoms with E-state index in [9.17, 15) is 5.11 Å². The molecule has 1 aliphatic carbocycles. The zero-order valence-electron chi connectivity index (χ0n) is 9.52. The fourth-order valence-electron chi connectivity index (χ4n) is 2.57. The standard InChI is InChI=1S/C15H18O/c1-2-3-4-8-13-11-10-12-7-5-6-9-14(12)15(13)16/h1,5-7,9,13,15-16H,3-4,8,10-11H2. The van der Waals surface area contributed by atoms with Crippen molar-refractivity contribution in [3.05, 3.63) is 35.4 Å². The van der Waals surface area contributed by atoms with E-state index in [2.05, 4.69) is 12.0 Å². The van der Waals surface area contributed by atoms with Crippen LogP contribution < -0.4 is 0 Å². The Labute approximate surface area is 97.5 Å². The van der Waals surface area contributed by atoms with Crippen LogP contribution in [0.5, 0.6) is 0 Å². The summed E-state index contributed by atoms with van der Waals surface area (Å²) in [5.41, 5.74) is 2.43. The Balaban J connectivity index is 2.04. The molecule has 0 amide bonds. The second-order valence-electron chi connectivity index (χ2n) is 4.54. The molecule has 0 aromatic heterocycles. The van der Waals surface area contributed by atoms with Crippen molar-refractivity contribution >= 4 is 0 Å². The first-order chi connectivity index (χ1) is 7.83. The summed E-state index contributed by atoms with van der Waals surface area (Å²) < 4.78 is 0. The molecule has 0 saturated heterocycles. The van der Waals surface area contributed by atoms with Gasteiger partial charge in [0.05, 0.1) is 6.10 Å². The zero-order chi connectivity index (χ0) is 11.4. The molecule has 0 heterocycles. The molecule has 0 aliphatic heterocycles. The van der Waals surface area contributed by atoms with Gasteiger partial charge in [0.15, 0.2) is 0 Å². The lowest BCUT2D eigenvalue weighted by Gasteiger charge is -2.30. The van der Waals surface area contributed by atoms with E-state index in [1.165, 1.54) is 5.56 Å². The predicted octanol–water partition coefficient (Wildman–Crippen LogP) is 3.09. The molecule has 0 spiro atoms. The number of unbranched alkanes of at least 4 members (excludes halogenated alkanes) is 1.